The highest BCUT2D eigenvalue weighted by Gasteiger charge is 2.24. The summed E-state index contributed by atoms with van der Waals surface area (Å²) in [5.74, 6) is 1.17. The highest BCUT2D eigenvalue weighted by Crippen LogP contribution is 2.31. The molecule has 0 saturated carbocycles. The molecular formula is C34H44BBr3N2O8. The second-order valence-corrected chi connectivity index (χ2v) is 15.0. The first kappa shape index (κ1) is 41.6. The number of aldehydes is 1. The number of carbonyl (C=O) groups excluding carboxylic acids is 2. The summed E-state index contributed by atoms with van der Waals surface area (Å²) in [6.07, 6.45) is 0.112. The van der Waals surface area contributed by atoms with Gasteiger partial charge in [0, 0.05) is 44.2 Å². The Balaban J connectivity index is 0.000000262. The lowest BCUT2D eigenvalue weighted by Crippen LogP contribution is -2.38. The maximum atomic E-state index is 12.1. The predicted molar refractivity (Wildman–Crippen MR) is 199 cm³/mol. The largest absolute Gasteiger partial charge is 0.507 e. The third kappa shape index (κ3) is 13.0. The van der Waals surface area contributed by atoms with Crippen molar-refractivity contribution in [3.63, 3.8) is 0 Å². The molecular weight excluding hydrogens is 815 g/mol. The Morgan fingerprint density at radius 3 is 2.10 bits per heavy atom. The summed E-state index contributed by atoms with van der Waals surface area (Å²) in [6, 6.07) is 11.0. The number of hydrogen-bond donors (Lipinski definition) is 4. The fourth-order valence-electron chi connectivity index (χ4n) is 4.67. The molecule has 1 amide bonds. The maximum Gasteiger partial charge on any atom is 0.410 e. The van der Waals surface area contributed by atoms with Crippen LogP contribution in [0.25, 0.3) is 0 Å². The zero-order chi connectivity index (χ0) is 36.3. The number of aryl methyl sites for hydroxylation is 3. The number of aliphatic hydroxyl groups is 1. The van der Waals surface area contributed by atoms with E-state index in [4.69, 9.17) is 14.6 Å². The zero-order valence-corrected chi connectivity index (χ0v) is 33.1. The molecule has 0 atom stereocenters. The normalized spacial score (nSPS) is 12.6. The minimum atomic E-state index is -0.611. The number of phenolic OH excluding ortho intramolecular Hbond substituents is 2. The van der Waals surface area contributed by atoms with Crippen molar-refractivity contribution in [3.8, 4) is 17.2 Å². The number of fused-ring (bicyclic) bond motifs is 1. The third-order valence-electron chi connectivity index (χ3n) is 6.99. The zero-order valence-electron chi connectivity index (χ0n) is 28.3. The quantitative estimate of drug-likeness (QED) is 0.146. The number of benzene rings is 3. The number of aliphatic hydroxyl groups excluding tert-OH is 1. The fourth-order valence-corrected chi connectivity index (χ4v) is 6.50. The molecule has 0 aromatic heterocycles. The number of aromatic hydroxyl groups is 2. The number of halogens is 3. The first-order valence-corrected chi connectivity index (χ1v) is 17.6. The summed E-state index contributed by atoms with van der Waals surface area (Å²) in [4.78, 5) is 25.8. The molecule has 3 aromatic carbocycles. The van der Waals surface area contributed by atoms with E-state index in [0.717, 1.165) is 43.4 Å². The van der Waals surface area contributed by atoms with Crippen molar-refractivity contribution in [2.24, 2.45) is 0 Å². The average Bonchev–Trinajstić information content (AvgIpc) is 3.20. The van der Waals surface area contributed by atoms with Gasteiger partial charge in [0.15, 0.2) is 6.29 Å². The average molecular weight is 859 g/mol. The van der Waals surface area contributed by atoms with Crippen molar-refractivity contribution in [2.75, 3.05) is 26.3 Å². The number of rotatable bonds is 6. The summed E-state index contributed by atoms with van der Waals surface area (Å²) in [5, 5.41) is 38.1. The lowest BCUT2D eigenvalue weighted by atomic mass is 9.84. The van der Waals surface area contributed by atoms with E-state index < -0.39 is 18.7 Å². The number of hydrogen-bond acceptors (Lipinski definition) is 9. The Morgan fingerprint density at radius 1 is 0.979 bits per heavy atom. The number of nitrogens with zero attached hydrogens (tertiary/aromatic N) is 2. The Morgan fingerprint density at radius 2 is 1.54 bits per heavy atom. The third-order valence-corrected chi connectivity index (χ3v) is 8.37. The molecule has 4 N–H and O–H groups in total. The molecule has 0 unspecified atom stereocenters. The van der Waals surface area contributed by atoms with Crippen LogP contribution in [-0.2, 0) is 17.8 Å². The molecule has 48 heavy (non-hydrogen) atoms. The van der Waals surface area contributed by atoms with Gasteiger partial charge in [-0.05, 0) is 101 Å². The van der Waals surface area contributed by atoms with Gasteiger partial charge in [0.25, 0.3) is 0 Å². The van der Waals surface area contributed by atoms with Crippen LogP contribution in [0.1, 0.15) is 58.9 Å². The molecule has 1 heterocycles. The second-order valence-electron chi connectivity index (χ2n) is 12.3. The number of ether oxygens (including phenoxy) is 2. The van der Waals surface area contributed by atoms with Gasteiger partial charge in [-0.2, -0.15) is 0 Å². The van der Waals surface area contributed by atoms with Crippen LogP contribution in [0.5, 0.6) is 17.2 Å². The van der Waals surface area contributed by atoms with Gasteiger partial charge in [0.1, 0.15) is 22.8 Å². The minimum Gasteiger partial charge on any atom is -0.507 e. The Kier molecular flexibility index (Phi) is 16.4. The molecule has 0 spiro atoms. The Bertz CT molecular complexity index is 1570. The van der Waals surface area contributed by atoms with Crippen LogP contribution in [0.15, 0.2) is 49.8 Å². The number of carbonyl (C=O) groups is 2. The van der Waals surface area contributed by atoms with Crippen molar-refractivity contribution < 1.29 is 39.4 Å². The fraction of sp³-hybridized carbons (Fsp3) is 0.412. The molecule has 1 aliphatic rings. The van der Waals surface area contributed by atoms with Crippen molar-refractivity contribution in [1.82, 2.24) is 9.71 Å². The van der Waals surface area contributed by atoms with Crippen LogP contribution in [0, 0.1) is 20.8 Å². The topological polar surface area (TPSA) is 140 Å². The highest BCUT2D eigenvalue weighted by molar-refractivity contribution is 9.11. The van der Waals surface area contributed by atoms with Gasteiger partial charge >= 0.3 is 13.1 Å². The van der Waals surface area contributed by atoms with Crippen LogP contribution in [-0.4, -0.2) is 81.4 Å². The van der Waals surface area contributed by atoms with E-state index in [1.54, 1.807) is 65.7 Å². The van der Waals surface area contributed by atoms with Gasteiger partial charge in [-0.15, -0.1) is 0 Å². The smallest absolute Gasteiger partial charge is 0.410 e. The van der Waals surface area contributed by atoms with Gasteiger partial charge in [0.05, 0.1) is 25.3 Å². The van der Waals surface area contributed by atoms with E-state index in [2.05, 4.69) is 59.9 Å². The summed E-state index contributed by atoms with van der Waals surface area (Å²) < 4.78 is 13.7. The van der Waals surface area contributed by atoms with Gasteiger partial charge in [-0.25, -0.2) is 4.79 Å². The van der Waals surface area contributed by atoms with Crippen molar-refractivity contribution in [1.29, 1.82) is 0 Å². The SMILES string of the molecule is CB(O)N1CCOc2c(C)cc(Br)cc2C1.Cc1cc(Br)cc(C=O)c1O.Cc1cc(Br)cc(CN(CCO)C(=O)OC(C)(C)C)c1O. The highest BCUT2D eigenvalue weighted by atomic mass is 79.9. The standard InChI is InChI=1S/C15H22BrNO4.C11H15BBrNO2.C8H7BrO2/c1-10-7-12(16)8-11(13(10)19)9-17(5-6-18)14(20)21-15(2,3)4;1-8-5-10(13)6-9-7-14(12(2)15)3-4-16-11(8)9;1-5-2-7(9)3-6(4-10)8(5)11/h7-8,18-19H,5-6,9H2,1-4H3;5-6,15H,3-4,7H2,1-2H3;2-4,11H,1H3. The van der Waals surface area contributed by atoms with Gasteiger partial charge < -0.3 is 39.5 Å². The molecule has 14 heteroatoms. The van der Waals surface area contributed by atoms with E-state index in [1.807, 2.05) is 11.7 Å². The Labute approximate surface area is 308 Å². The van der Waals surface area contributed by atoms with Gasteiger partial charge in [0.2, 0.25) is 0 Å². The molecule has 0 saturated heterocycles. The van der Waals surface area contributed by atoms with Crippen LogP contribution in [0.4, 0.5) is 4.79 Å². The molecule has 0 fully saturated rings. The van der Waals surface area contributed by atoms with Crippen LogP contribution in [0.2, 0.25) is 6.82 Å². The monoisotopic (exact) mass is 856 g/mol. The molecule has 262 valence electrons. The molecule has 4 rings (SSSR count). The lowest BCUT2D eigenvalue weighted by molar-refractivity contribution is 0.0200. The van der Waals surface area contributed by atoms with E-state index in [1.165, 1.54) is 4.90 Å². The molecule has 1 aliphatic heterocycles. The molecule has 0 aliphatic carbocycles. The molecule has 10 nitrogen and oxygen atoms in total. The lowest BCUT2D eigenvalue weighted by Gasteiger charge is -2.27. The second kappa shape index (κ2) is 19.0. The van der Waals surface area contributed by atoms with Crippen molar-refractivity contribution >= 4 is 67.2 Å². The Hall–Kier alpha value is -2.62. The molecule has 0 radical (unpaired) electrons. The van der Waals surface area contributed by atoms with E-state index in [0.29, 0.717) is 35.1 Å². The predicted octanol–water partition coefficient (Wildman–Crippen LogP) is 7.53. The van der Waals surface area contributed by atoms with Gasteiger partial charge in [-0.3, -0.25) is 4.79 Å². The first-order valence-electron chi connectivity index (χ1n) is 15.2. The van der Waals surface area contributed by atoms with Crippen LogP contribution >= 0.6 is 47.8 Å². The van der Waals surface area contributed by atoms with Crippen LogP contribution in [0.3, 0.4) is 0 Å². The molecule has 3 aromatic rings. The van der Waals surface area contributed by atoms with E-state index in [-0.39, 0.29) is 31.2 Å². The summed E-state index contributed by atoms with van der Waals surface area (Å²) in [6.45, 7) is 14.9. The summed E-state index contributed by atoms with van der Waals surface area (Å²) in [5.41, 5.74) is 3.98. The van der Waals surface area contributed by atoms with E-state index >= 15 is 0 Å². The maximum absolute atomic E-state index is 12.1. The summed E-state index contributed by atoms with van der Waals surface area (Å²) >= 11 is 10.1. The van der Waals surface area contributed by atoms with Crippen molar-refractivity contribution in [3.05, 3.63) is 83.2 Å². The summed E-state index contributed by atoms with van der Waals surface area (Å²) in [7, 11) is -0.436. The van der Waals surface area contributed by atoms with Gasteiger partial charge in [-0.1, -0.05) is 47.8 Å². The number of amides is 1. The van der Waals surface area contributed by atoms with Crippen LogP contribution < -0.4 is 4.74 Å². The number of phenols is 2. The van der Waals surface area contributed by atoms with Crippen molar-refractivity contribution in [2.45, 2.75) is 67.1 Å². The van der Waals surface area contributed by atoms with E-state index in [9.17, 15) is 24.8 Å². The first-order chi connectivity index (χ1) is 22.4. The molecule has 0 bridgehead atoms. The minimum absolute atomic E-state index is 0.0585.